The molecule has 0 radical (unpaired) electrons. The highest BCUT2D eigenvalue weighted by molar-refractivity contribution is 6.01. The van der Waals surface area contributed by atoms with Crippen molar-refractivity contribution >= 4 is 12.0 Å². The van der Waals surface area contributed by atoms with E-state index in [0.717, 1.165) is 25.1 Å². The van der Waals surface area contributed by atoms with E-state index in [2.05, 4.69) is 5.32 Å². The van der Waals surface area contributed by atoms with Crippen molar-refractivity contribution in [3.05, 3.63) is 29.6 Å². The van der Waals surface area contributed by atoms with Crippen LogP contribution in [-0.2, 0) is 16.6 Å². The number of nitriles is 1. The number of rotatable bonds is 4. The van der Waals surface area contributed by atoms with Crippen molar-refractivity contribution in [3.63, 3.8) is 0 Å². The summed E-state index contributed by atoms with van der Waals surface area (Å²) in [7, 11) is 1.87. The van der Waals surface area contributed by atoms with Gasteiger partial charge < -0.3 is 14.6 Å². The summed E-state index contributed by atoms with van der Waals surface area (Å²) in [6.07, 6.45) is 5.53. The van der Waals surface area contributed by atoms with Crippen molar-refractivity contribution in [2.24, 2.45) is 7.05 Å². The number of carbonyl (C=O) groups excluding carboxylic acids is 1. The van der Waals surface area contributed by atoms with Gasteiger partial charge in [0.2, 0.25) is 0 Å². The standard InChI is InChI=1S/C14H17N3O2/c1-17-6-2-4-12(17)8-11(9-15)14(18)16-10-13-5-3-7-19-13/h2,4,6,8,13H,3,5,7,10H2,1H3,(H,16,18)/b11-8+. The number of ether oxygens (including phenoxy) is 1. The van der Waals surface area contributed by atoms with Crippen molar-refractivity contribution in [2.45, 2.75) is 18.9 Å². The minimum Gasteiger partial charge on any atom is -0.376 e. The number of carbonyl (C=O) groups is 1. The Morgan fingerprint density at radius 3 is 3.16 bits per heavy atom. The topological polar surface area (TPSA) is 67.0 Å². The summed E-state index contributed by atoms with van der Waals surface area (Å²) in [5.74, 6) is -0.348. The third-order valence-electron chi connectivity index (χ3n) is 3.16. The fourth-order valence-electron chi connectivity index (χ4n) is 2.03. The van der Waals surface area contributed by atoms with Gasteiger partial charge in [0.05, 0.1) is 6.10 Å². The van der Waals surface area contributed by atoms with Gasteiger partial charge in [0.1, 0.15) is 11.6 Å². The highest BCUT2D eigenvalue weighted by atomic mass is 16.5. The minimum atomic E-state index is -0.348. The number of aryl methyl sites for hydroxylation is 1. The van der Waals surface area contributed by atoms with Gasteiger partial charge in [-0.1, -0.05) is 0 Å². The average molecular weight is 259 g/mol. The van der Waals surface area contributed by atoms with Crippen LogP contribution in [0.15, 0.2) is 23.9 Å². The van der Waals surface area contributed by atoms with E-state index in [1.54, 1.807) is 6.08 Å². The molecule has 0 aliphatic carbocycles. The van der Waals surface area contributed by atoms with Crippen LogP contribution in [0.2, 0.25) is 0 Å². The van der Waals surface area contributed by atoms with Crippen LogP contribution in [0.1, 0.15) is 18.5 Å². The molecule has 1 fully saturated rings. The summed E-state index contributed by atoms with van der Waals surface area (Å²) in [6, 6.07) is 5.66. The molecule has 0 bridgehead atoms. The van der Waals surface area contributed by atoms with Crippen molar-refractivity contribution < 1.29 is 9.53 Å². The van der Waals surface area contributed by atoms with E-state index in [1.807, 2.05) is 36.0 Å². The zero-order chi connectivity index (χ0) is 13.7. The van der Waals surface area contributed by atoms with Gasteiger partial charge in [0.15, 0.2) is 0 Å². The Morgan fingerprint density at radius 2 is 2.58 bits per heavy atom. The lowest BCUT2D eigenvalue weighted by Gasteiger charge is -2.10. The number of aromatic nitrogens is 1. The molecule has 1 aliphatic rings. The van der Waals surface area contributed by atoms with Crippen molar-refractivity contribution in [1.82, 2.24) is 9.88 Å². The Hall–Kier alpha value is -2.06. The van der Waals surface area contributed by atoms with Crippen LogP contribution in [0, 0.1) is 11.3 Å². The third-order valence-corrected chi connectivity index (χ3v) is 3.16. The molecule has 0 saturated carbocycles. The zero-order valence-corrected chi connectivity index (χ0v) is 10.9. The Kier molecular flexibility index (Phi) is 4.37. The maximum absolute atomic E-state index is 11.9. The molecule has 1 saturated heterocycles. The molecule has 19 heavy (non-hydrogen) atoms. The molecule has 0 aromatic carbocycles. The normalized spacial score (nSPS) is 19.2. The Labute approximate surface area is 112 Å². The lowest BCUT2D eigenvalue weighted by Crippen LogP contribution is -2.32. The molecule has 1 aromatic heterocycles. The molecule has 1 unspecified atom stereocenters. The molecular formula is C14H17N3O2. The largest absolute Gasteiger partial charge is 0.376 e. The molecule has 5 heteroatoms. The van der Waals surface area contributed by atoms with Crippen molar-refractivity contribution in [1.29, 1.82) is 5.26 Å². The zero-order valence-electron chi connectivity index (χ0n) is 10.9. The number of nitrogens with one attached hydrogen (secondary N) is 1. The molecule has 5 nitrogen and oxygen atoms in total. The molecule has 1 aliphatic heterocycles. The summed E-state index contributed by atoms with van der Waals surface area (Å²) < 4.78 is 7.27. The van der Waals surface area contributed by atoms with E-state index in [0.29, 0.717) is 6.54 Å². The lowest BCUT2D eigenvalue weighted by atomic mass is 10.2. The highest BCUT2D eigenvalue weighted by Gasteiger charge is 2.17. The van der Waals surface area contributed by atoms with Gasteiger partial charge in [-0.3, -0.25) is 4.79 Å². The van der Waals surface area contributed by atoms with Crippen LogP contribution in [0.25, 0.3) is 6.08 Å². The molecule has 2 heterocycles. The monoisotopic (exact) mass is 259 g/mol. The second-order valence-corrected chi connectivity index (χ2v) is 4.56. The van der Waals surface area contributed by atoms with Gasteiger partial charge in [-0.05, 0) is 31.1 Å². The fraction of sp³-hybridized carbons (Fsp3) is 0.429. The first-order valence-corrected chi connectivity index (χ1v) is 6.33. The lowest BCUT2D eigenvalue weighted by molar-refractivity contribution is -0.117. The average Bonchev–Trinajstić information content (AvgIpc) is 3.05. The Morgan fingerprint density at radius 1 is 1.74 bits per heavy atom. The summed E-state index contributed by atoms with van der Waals surface area (Å²) in [4.78, 5) is 11.9. The van der Waals surface area contributed by atoms with Crippen LogP contribution < -0.4 is 5.32 Å². The summed E-state index contributed by atoms with van der Waals surface area (Å²) in [5.41, 5.74) is 0.934. The van der Waals surface area contributed by atoms with E-state index in [4.69, 9.17) is 10.00 Å². The van der Waals surface area contributed by atoms with Crippen LogP contribution in [-0.4, -0.2) is 29.7 Å². The van der Waals surface area contributed by atoms with Crippen LogP contribution >= 0.6 is 0 Å². The van der Waals surface area contributed by atoms with Crippen LogP contribution in [0.5, 0.6) is 0 Å². The first-order valence-electron chi connectivity index (χ1n) is 6.33. The van der Waals surface area contributed by atoms with Gasteiger partial charge in [0.25, 0.3) is 5.91 Å². The predicted molar refractivity (Wildman–Crippen MR) is 71.0 cm³/mol. The molecular weight excluding hydrogens is 242 g/mol. The quantitative estimate of drug-likeness (QED) is 0.653. The second kappa shape index (κ2) is 6.21. The molecule has 1 N–H and O–H groups in total. The van der Waals surface area contributed by atoms with Gasteiger partial charge in [0, 0.05) is 32.1 Å². The van der Waals surface area contributed by atoms with E-state index in [9.17, 15) is 4.79 Å². The van der Waals surface area contributed by atoms with Crippen molar-refractivity contribution in [2.75, 3.05) is 13.2 Å². The molecule has 1 atom stereocenters. The number of nitrogens with zero attached hydrogens (tertiary/aromatic N) is 2. The van der Waals surface area contributed by atoms with E-state index < -0.39 is 0 Å². The van der Waals surface area contributed by atoms with Crippen LogP contribution in [0.4, 0.5) is 0 Å². The predicted octanol–water partition coefficient (Wildman–Crippen LogP) is 1.23. The van der Waals surface area contributed by atoms with Crippen molar-refractivity contribution in [3.8, 4) is 6.07 Å². The molecule has 1 aromatic rings. The third kappa shape index (κ3) is 3.46. The second-order valence-electron chi connectivity index (χ2n) is 4.56. The summed E-state index contributed by atoms with van der Waals surface area (Å²) in [5, 5.41) is 11.8. The molecule has 1 amide bonds. The van der Waals surface area contributed by atoms with Gasteiger partial charge in [-0.15, -0.1) is 0 Å². The Bertz CT molecular complexity index is 519. The molecule has 100 valence electrons. The molecule has 0 spiro atoms. The maximum atomic E-state index is 11.9. The summed E-state index contributed by atoms with van der Waals surface area (Å²) in [6.45, 7) is 1.22. The highest BCUT2D eigenvalue weighted by Crippen LogP contribution is 2.11. The minimum absolute atomic E-state index is 0.0823. The SMILES string of the molecule is Cn1cccc1/C=C(\C#N)C(=O)NCC1CCCO1. The smallest absolute Gasteiger partial charge is 0.262 e. The first kappa shape index (κ1) is 13.4. The van der Waals surface area contributed by atoms with Crippen LogP contribution in [0.3, 0.4) is 0 Å². The van der Waals surface area contributed by atoms with Gasteiger partial charge >= 0.3 is 0 Å². The first-order chi connectivity index (χ1) is 9.20. The van der Waals surface area contributed by atoms with E-state index >= 15 is 0 Å². The van der Waals surface area contributed by atoms with Gasteiger partial charge in [-0.25, -0.2) is 0 Å². The van der Waals surface area contributed by atoms with E-state index in [1.165, 1.54) is 0 Å². The summed E-state index contributed by atoms with van der Waals surface area (Å²) >= 11 is 0. The molecule has 2 rings (SSSR count). The van der Waals surface area contributed by atoms with E-state index in [-0.39, 0.29) is 17.6 Å². The maximum Gasteiger partial charge on any atom is 0.262 e. The number of amides is 1. The number of hydrogen-bond donors (Lipinski definition) is 1. The number of hydrogen-bond acceptors (Lipinski definition) is 3. The fourth-order valence-corrected chi connectivity index (χ4v) is 2.03. The Balaban J connectivity index is 1.97. The van der Waals surface area contributed by atoms with Gasteiger partial charge in [-0.2, -0.15) is 5.26 Å².